The molecule has 37 heavy (non-hydrogen) atoms. The molecule has 4 aliphatic rings. The Kier molecular flexibility index (Phi) is 6.51. The molecule has 0 bridgehead atoms. The molecule has 4 aliphatic carbocycles. The van der Waals surface area contributed by atoms with Crippen molar-refractivity contribution in [1.29, 1.82) is 0 Å². The number of carbonyl (C=O) groups is 2. The first kappa shape index (κ1) is 26.6. The summed E-state index contributed by atoms with van der Waals surface area (Å²) in [7, 11) is -4.06. The molecule has 1 unspecified atom stereocenters. The molecule has 0 radical (unpaired) electrons. The average molecular weight is 529 g/mol. The van der Waals surface area contributed by atoms with Crippen molar-refractivity contribution in [1.82, 2.24) is 0 Å². The molecule has 1 aromatic rings. The monoisotopic (exact) mass is 528 g/mol. The summed E-state index contributed by atoms with van der Waals surface area (Å²) in [5.41, 5.74) is 0.832. The van der Waals surface area contributed by atoms with E-state index in [4.69, 9.17) is 8.92 Å². The highest BCUT2D eigenvalue weighted by Crippen LogP contribution is 2.89. The molecule has 0 N–H and O–H groups in total. The summed E-state index contributed by atoms with van der Waals surface area (Å²) in [4.78, 5) is 24.6. The van der Waals surface area contributed by atoms with E-state index in [1.165, 1.54) is 12.1 Å². The topological polar surface area (TPSA) is 86.7 Å². The van der Waals surface area contributed by atoms with Crippen molar-refractivity contribution in [3.63, 3.8) is 0 Å². The van der Waals surface area contributed by atoms with E-state index in [0.29, 0.717) is 36.5 Å². The van der Waals surface area contributed by atoms with Gasteiger partial charge in [0, 0.05) is 11.8 Å². The van der Waals surface area contributed by atoms with Gasteiger partial charge in [0.25, 0.3) is 10.1 Å². The molecule has 6 nitrogen and oxygen atoms in total. The van der Waals surface area contributed by atoms with Crippen molar-refractivity contribution < 1.29 is 26.9 Å². The van der Waals surface area contributed by atoms with Gasteiger partial charge >= 0.3 is 5.97 Å². The van der Waals surface area contributed by atoms with Gasteiger partial charge in [-0.05, 0) is 91.6 Å². The van der Waals surface area contributed by atoms with Crippen molar-refractivity contribution >= 4 is 22.4 Å². The number of rotatable bonds is 9. The molecule has 0 aromatic heterocycles. The second-order valence-corrected chi connectivity index (χ2v) is 14.0. The summed E-state index contributed by atoms with van der Waals surface area (Å²) < 4.78 is 36.6. The van der Waals surface area contributed by atoms with E-state index in [1.807, 2.05) is 13.0 Å². The maximum absolute atomic E-state index is 13.1. The van der Waals surface area contributed by atoms with E-state index in [-0.39, 0.29) is 33.2 Å². The van der Waals surface area contributed by atoms with Gasteiger partial charge in [-0.25, -0.2) is 4.79 Å². The van der Waals surface area contributed by atoms with Crippen LogP contribution in [0.2, 0.25) is 0 Å². The zero-order valence-corrected chi connectivity index (χ0v) is 23.3. The second-order valence-electron chi connectivity index (χ2n) is 12.4. The lowest BCUT2D eigenvalue weighted by atomic mass is 9.34. The van der Waals surface area contributed by atoms with Crippen LogP contribution in [-0.2, 0) is 28.6 Å². The standard InChI is InChI=1S/C30H40O6S/c1-6-22-14-26(36-27(32)18-35-37(33,34)25-10-8-19(2)9-11-25)30-17-24(30)15-23-16-29(12-7-13-31,28(23,30)5)21(4)20(22)3/h6,8-11,13,20-24,26H,1,7,12,14-18H2,2-5H3/t20-,21-,22+,23?,24-,26+,28+,29+,30-/m0/s1. The Hall–Kier alpha value is -1.99. The molecule has 7 heteroatoms. The zero-order chi connectivity index (χ0) is 26.8. The van der Waals surface area contributed by atoms with Crippen molar-refractivity contribution in [2.24, 2.45) is 45.8 Å². The lowest BCUT2D eigenvalue weighted by Crippen LogP contribution is -2.66. The summed E-state index contributed by atoms with van der Waals surface area (Å²) in [6.45, 7) is 12.4. The molecular formula is C30H40O6S. The van der Waals surface area contributed by atoms with Gasteiger partial charge in [-0.2, -0.15) is 8.42 Å². The van der Waals surface area contributed by atoms with Crippen LogP contribution in [0, 0.1) is 52.8 Å². The van der Waals surface area contributed by atoms with Crippen molar-refractivity contribution in [3.05, 3.63) is 42.5 Å². The molecule has 0 heterocycles. The predicted octanol–water partition coefficient (Wildman–Crippen LogP) is 5.49. The SMILES string of the molecule is C=C[C@@H]1C[C@@H](OC(=O)COS(=O)(=O)c2ccc(C)cc2)[C@]23C[C@@H]2CC2C[C@](CCC=O)([C@@H](C)[C@@H]1C)[C@@]23C. The minimum absolute atomic E-state index is 0.00667. The Balaban J connectivity index is 1.40. The van der Waals surface area contributed by atoms with E-state index in [9.17, 15) is 18.0 Å². The van der Waals surface area contributed by atoms with Crippen LogP contribution in [0.5, 0.6) is 0 Å². The molecule has 1 aromatic carbocycles. The van der Waals surface area contributed by atoms with Gasteiger partial charge in [-0.3, -0.25) is 4.18 Å². The predicted molar refractivity (Wildman–Crippen MR) is 140 cm³/mol. The molecule has 4 fully saturated rings. The summed E-state index contributed by atoms with van der Waals surface area (Å²) in [6.07, 6.45) is 8.12. The molecule has 5 rings (SSSR count). The first-order chi connectivity index (χ1) is 17.5. The summed E-state index contributed by atoms with van der Waals surface area (Å²) in [5, 5.41) is 0. The van der Waals surface area contributed by atoms with Crippen molar-refractivity contribution in [3.8, 4) is 0 Å². The van der Waals surface area contributed by atoms with Crippen LogP contribution in [-0.4, -0.2) is 33.4 Å². The van der Waals surface area contributed by atoms with Gasteiger partial charge in [0.1, 0.15) is 12.4 Å². The highest BCUT2D eigenvalue weighted by atomic mass is 32.2. The summed E-state index contributed by atoms with van der Waals surface area (Å²) in [5.74, 6) is 1.35. The van der Waals surface area contributed by atoms with Gasteiger partial charge < -0.3 is 9.53 Å². The van der Waals surface area contributed by atoms with E-state index in [1.54, 1.807) is 12.1 Å². The fourth-order valence-electron chi connectivity index (χ4n) is 9.31. The zero-order valence-electron chi connectivity index (χ0n) is 22.4. The van der Waals surface area contributed by atoms with Gasteiger partial charge in [-0.1, -0.05) is 44.5 Å². The van der Waals surface area contributed by atoms with Crippen LogP contribution in [0.3, 0.4) is 0 Å². The third kappa shape index (κ3) is 3.70. The van der Waals surface area contributed by atoms with Crippen molar-refractivity contribution in [2.45, 2.75) is 77.2 Å². The van der Waals surface area contributed by atoms with Crippen LogP contribution in [0.4, 0.5) is 0 Å². The van der Waals surface area contributed by atoms with Crippen LogP contribution >= 0.6 is 0 Å². The molecule has 0 saturated heterocycles. The number of benzene rings is 1. The minimum Gasteiger partial charge on any atom is -0.460 e. The van der Waals surface area contributed by atoms with Crippen molar-refractivity contribution in [2.75, 3.05) is 6.61 Å². The lowest BCUT2D eigenvalue weighted by Gasteiger charge is -2.70. The Bertz CT molecular complexity index is 1190. The van der Waals surface area contributed by atoms with E-state index < -0.39 is 22.7 Å². The van der Waals surface area contributed by atoms with E-state index in [2.05, 4.69) is 27.4 Å². The summed E-state index contributed by atoms with van der Waals surface area (Å²) >= 11 is 0. The fourth-order valence-corrected chi connectivity index (χ4v) is 10.2. The number of esters is 1. The highest BCUT2D eigenvalue weighted by molar-refractivity contribution is 7.86. The maximum Gasteiger partial charge on any atom is 0.333 e. The molecule has 9 atom stereocenters. The second kappa shape index (κ2) is 9.04. The number of aryl methyl sites for hydroxylation is 1. The van der Waals surface area contributed by atoms with Gasteiger partial charge in [0.05, 0.1) is 4.90 Å². The van der Waals surface area contributed by atoms with E-state index >= 15 is 0 Å². The average Bonchev–Trinajstić information content (AvgIpc) is 3.56. The Labute approximate surface area is 221 Å². The first-order valence-electron chi connectivity index (χ1n) is 13.7. The Morgan fingerprint density at radius 1 is 1.14 bits per heavy atom. The minimum atomic E-state index is -4.06. The number of hydrogen-bond acceptors (Lipinski definition) is 6. The third-order valence-electron chi connectivity index (χ3n) is 11.5. The summed E-state index contributed by atoms with van der Waals surface area (Å²) in [6, 6.07) is 6.34. The molecule has 0 aliphatic heterocycles. The fraction of sp³-hybridized carbons (Fsp3) is 0.667. The van der Waals surface area contributed by atoms with Gasteiger partial charge in [-0.15, -0.1) is 6.58 Å². The third-order valence-corrected chi connectivity index (χ3v) is 12.8. The molecule has 1 spiro atoms. The number of hydrogen-bond donors (Lipinski definition) is 0. The number of allylic oxidation sites excluding steroid dienone is 1. The van der Waals surface area contributed by atoms with Crippen LogP contribution in [0.15, 0.2) is 41.8 Å². The van der Waals surface area contributed by atoms with Gasteiger partial charge in [0.2, 0.25) is 0 Å². The van der Waals surface area contributed by atoms with Crippen LogP contribution < -0.4 is 0 Å². The molecule has 202 valence electrons. The highest BCUT2D eigenvalue weighted by Gasteiger charge is 2.85. The number of aldehydes is 1. The van der Waals surface area contributed by atoms with E-state index in [0.717, 1.165) is 37.5 Å². The largest absolute Gasteiger partial charge is 0.460 e. The Morgan fingerprint density at radius 2 is 1.84 bits per heavy atom. The van der Waals surface area contributed by atoms with Crippen LogP contribution in [0.1, 0.15) is 64.9 Å². The molecule has 0 amide bonds. The van der Waals surface area contributed by atoms with Crippen LogP contribution in [0.25, 0.3) is 0 Å². The maximum atomic E-state index is 13.1. The Morgan fingerprint density at radius 3 is 2.49 bits per heavy atom. The molecule has 4 saturated carbocycles. The number of ether oxygens (including phenoxy) is 1. The molecular weight excluding hydrogens is 488 g/mol. The normalized spacial score (nSPS) is 41.8. The number of carbonyl (C=O) groups excluding carboxylic acids is 2. The quantitative estimate of drug-likeness (QED) is 0.182. The smallest absolute Gasteiger partial charge is 0.333 e. The first-order valence-corrected chi connectivity index (χ1v) is 15.1. The van der Waals surface area contributed by atoms with Gasteiger partial charge in [0.15, 0.2) is 6.61 Å². The lowest BCUT2D eigenvalue weighted by molar-refractivity contribution is -0.242.